The summed E-state index contributed by atoms with van der Waals surface area (Å²) in [6.45, 7) is 6.90. The zero-order valence-electron chi connectivity index (χ0n) is 19.7. The van der Waals surface area contributed by atoms with Crippen molar-refractivity contribution < 1.29 is 14.6 Å². The van der Waals surface area contributed by atoms with Crippen LogP contribution < -0.4 is 4.74 Å². The third-order valence-electron chi connectivity index (χ3n) is 7.70. The van der Waals surface area contributed by atoms with Crippen molar-refractivity contribution in [2.45, 2.75) is 57.8 Å². The Morgan fingerprint density at radius 3 is 2.48 bits per heavy atom. The Hall–Kier alpha value is -2.37. The fraction of sp³-hybridized carbons (Fsp3) is 0.536. The molecule has 2 aliphatic heterocycles. The maximum Gasteiger partial charge on any atom is 0.227 e. The number of hydrogen-bond donors (Lipinski definition) is 1. The van der Waals surface area contributed by atoms with Crippen LogP contribution in [0.15, 0.2) is 48.5 Å². The van der Waals surface area contributed by atoms with Gasteiger partial charge in [-0.25, -0.2) is 0 Å². The topological polar surface area (TPSA) is 53.0 Å². The van der Waals surface area contributed by atoms with Crippen molar-refractivity contribution in [2.24, 2.45) is 11.8 Å². The molecule has 5 rings (SSSR count). The number of aliphatic hydroxyl groups excluding tert-OH is 1. The number of fused-ring (bicyclic) bond motifs is 1. The van der Waals surface area contributed by atoms with E-state index < -0.39 is 6.10 Å². The van der Waals surface area contributed by atoms with Crippen molar-refractivity contribution in [1.29, 1.82) is 0 Å². The lowest BCUT2D eigenvalue weighted by Gasteiger charge is -2.35. The zero-order valence-corrected chi connectivity index (χ0v) is 19.7. The molecule has 176 valence electrons. The van der Waals surface area contributed by atoms with Crippen molar-refractivity contribution in [2.75, 3.05) is 26.2 Å². The average molecular weight is 449 g/mol. The Bertz CT molecular complexity index is 954. The highest BCUT2D eigenvalue weighted by Gasteiger charge is 2.43. The van der Waals surface area contributed by atoms with Gasteiger partial charge in [-0.15, -0.1) is 0 Å². The number of ether oxygens (including phenoxy) is 1. The number of aryl methyl sites for hydroxylation is 1. The van der Waals surface area contributed by atoms with E-state index in [1.165, 1.54) is 37.1 Å². The Morgan fingerprint density at radius 1 is 1.00 bits per heavy atom. The summed E-state index contributed by atoms with van der Waals surface area (Å²) in [6, 6.07) is 16.5. The molecular weight excluding hydrogens is 412 g/mol. The van der Waals surface area contributed by atoms with Gasteiger partial charge in [0.05, 0.1) is 12.5 Å². The molecule has 0 spiro atoms. The molecule has 5 nitrogen and oxygen atoms in total. The number of carbonyl (C=O) groups excluding carboxylic acids is 1. The highest BCUT2D eigenvalue weighted by molar-refractivity contribution is 5.79. The van der Waals surface area contributed by atoms with Crippen LogP contribution in [0.25, 0.3) is 0 Å². The quantitative estimate of drug-likeness (QED) is 0.730. The van der Waals surface area contributed by atoms with Gasteiger partial charge in [-0.1, -0.05) is 42.0 Å². The van der Waals surface area contributed by atoms with Crippen molar-refractivity contribution in [3.63, 3.8) is 0 Å². The average Bonchev–Trinajstić information content (AvgIpc) is 3.45. The van der Waals surface area contributed by atoms with Crippen LogP contribution in [0, 0.1) is 18.8 Å². The van der Waals surface area contributed by atoms with E-state index in [0.717, 1.165) is 37.4 Å². The monoisotopic (exact) mass is 448 g/mol. The van der Waals surface area contributed by atoms with Crippen LogP contribution in [0.1, 0.15) is 42.4 Å². The van der Waals surface area contributed by atoms with Gasteiger partial charge in [0, 0.05) is 19.6 Å². The molecule has 0 bridgehead atoms. The maximum absolute atomic E-state index is 12.9. The maximum atomic E-state index is 12.9. The molecule has 1 saturated carbocycles. The van der Waals surface area contributed by atoms with Crippen LogP contribution >= 0.6 is 0 Å². The van der Waals surface area contributed by atoms with E-state index in [1.54, 1.807) is 0 Å². The normalized spacial score (nSPS) is 27.5. The zero-order chi connectivity index (χ0) is 22.8. The highest BCUT2D eigenvalue weighted by atomic mass is 16.5. The lowest BCUT2D eigenvalue weighted by atomic mass is 9.78. The Balaban J connectivity index is 1.17. The number of aliphatic hydroxyl groups is 1. The molecule has 2 saturated heterocycles. The fourth-order valence-corrected chi connectivity index (χ4v) is 5.80. The SMILES string of the molecule is Cc1ccc(CC(=O)N2C[C@H]3C[C@@H](Oc4cccc(CN5CCCC5)c4)[C@H](O)C[C@H]3C2)cc1. The lowest BCUT2D eigenvalue weighted by Crippen LogP contribution is -2.42. The van der Waals surface area contributed by atoms with E-state index in [-0.39, 0.29) is 12.0 Å². The standard InChI is InChI=1S/C28H36N2O3/c1-20-7-9-21(10-8-20)14-28(32)30-18-23-15-26(31)27(16-24(23)19-30)33-25-6-4-5-22(13-25)17-29-11-2-3-12-29/h4-10,13,23-24,26-27,31H,2-3,11-12,14-19H2,1H3/t23-,24+,26+,27+/m0/s1. The number of carbonyl (C=O) groups is 1. The first-order valence-corrected chi connectivity index (χ1v) is 12.5. The molecule has 1 aliphatic carbocycles. The number of benzene rings is 2. The first kappa shape index (κ1) is 22.4. The second kappa shape index (κ2) is 9.86. The first-order valence-electron chi connectivity index (χ1n) is 12.5. The van der Waals surface area contributed by atoms with E-state index in [2.05, 4.69) is 42.2 Å². The molecule has 3 aliphatic rings. The second-order valence-corrected chi connectivity index (χ2v) is 10.3. The molecule has 0 radical (unpaired) electrons. The van der Waals surface area contributed by atoms with Crippen molar-refractivity contribution in [3.8, 4) is 5.75 Å². The third kappa shape index (κ3) is 5.42. The van der Waals surface area contributed by atoms with Gasteiger partial charge in [0.25, 0.3) is 0 Å². The summed E-state index contributed by atoms with van der Waals surface area (Å²) < 4.78 is 6.31. The predicted molar refractivity (Wildman–Crippen MR) is 129 cm³/mol. The minimum atomic E-state index is -0.486. The first-order chi connectivity index (χ1) is 16.0. The van der Waals surface area contributed by atoms with E-state index >= 15 is 0 Å². The van der Waals surface area contributed by atoms with Crippen molar-refractivity contribution in [3.05, 3.63) is 65.2 Å². The van der Waals surface area contributed by atoms with Gasteiger partial charge >= 0.3 is 0 Å². The van der Waals surface area contributed by atoms with Crippen LogP contribution in [0.2, 0.25) is 0 Å². The Labute approximate surface area is 197 Å². The number of nitrogens with zero attached hydrogens (tertiary/aromatic N) is 2. The van der Waals surface area contributed by atoms with Gasteiger partial charge in [0.15, 0.2) is 0 Å². The van der Waals surface area contributed by atoms with Gasteiger partial charge in [-0.05, 0) is 80.8 Å². The summed E-state index contributed by atoms with van der Waals surface area (Å²) in [5, 5.41) is 10.8. The third-order valence-corrected chi connectivity index (χ3v) is 7.70. The fourth-order valence-electron chi connectivity index (χ4n) is 5.80. The van der Waals surface area contributed by atoms with Crippen LogP contribution in [0.3, 0.4) is 0 Å². The molecule has 2 aromatic rings. The summed E-state index contributed by atoms with van der Waals surface area (Å²) in [5.74, 6) is 1.80. The Morgan fingerprint density at radius 2 is 1.73 bits per heavy atom. The number of hydrogen-bond acceptors (Lipinski definition) is 4. The minimum Gasteiger partial charge on any atom is -0.488 e. The smallest absolute Gasteiger partial charge is 0.227 e. The predicted octanol–water partition coefficient (Wildman–Crippen LogP) is 3.81. The highest BCUT2D eigenvalue weighted by Crippen LogP contribution is 2.38. The van der Waals surface area contributed by atoms with Crippen LogP contribution in [0.5, 0.6) is 5.75 Å². The molecule has 33 heavy (non-hydrogen) atoms. The van der Waals surface area contributed by atoms with Crippen LogP contribution in [-0.4, -0.2) is 59.2 Å². The van der Waals surface area contributed by atoms with E-state index in [1.807, 2.05) is 23.1 Å². The molecule has 2 heterocycles. The van der Waals surface area contributed by atoms with E-state index in [0.29, 0.717) is 24.7 Å². The summed E-state index contributed by atoms with van der Waals surface area (Å²) in [5.41, 5.74) is 3.54. The summed E-state index contributed by atoms with van der Waals surface area (Å²) >= 11 is 0. The van der Waals surface area contributed by atoms with Gasteiger partial charge in [-0.2, -0.15) is 0 Å². The second-order valence-electron chi connectivity index (χ2n) is 10.3. The summed E-state index contributed by atoms with van der Waals surface area (Å²) in [4.78, 5) is 17.4. The van der Waals surface area contributed by atoms with Crippen LogP contribution in [-0.2, 0) is 17.8 Å². The molecule has 1 amide bonds. The van der Waals surface area contributed by atoms with Gasteiger partial charge in [-0.3, -0.25) is 9.69 Å². The van der Waals surface area contributed by atoms with Crippen LogP contribution in [0.4, 0.5) is 0 Å². The largest absolute Gasteiger partial charge is 0.488 e. The molecule has 0 aromatic heterocycles. The number of amides is 1. The number of rotatable bonds is 6. The van der Waals surface area contributed by atoms with Gasteiger partial charge < -0.3 is 14.7 Å². The molecule has 2 aromatic carbocycles. The Kier molecular flexibility index (Phi) is 6.70. The van der Waals surface area contributed by atoms with Crippen molar-refractivity contribution in [1.82, 2.24) is 9.80 Å². The molecular formula is C28H36N2O3. The number of likely N-dealkylation sites (tertiary alicyclic amines) is 2. The summed E-state index contributed by atoms with van der Waals surface area (Å²) in [6.07, 6.45) is 3.84. The molecule has 1 N–H and O–H groups in total. The van der Waals surface area contributed by atoms with Gasteiger partial charge in [0.2, 0.25) is 5.91 Å². The van der Waals surface area contributed by atoms with E-state index in [4.69, 9.17) is 4.74 Å². The van der Waals surface area contributed by atoms with Gasteiger partial charge in [0.1, 0.15) is 11.9 Å². The molecule has 3 fully saturated rings. The lowest BCUT2D eigenvalue weighted by molar-refractivity contribution is -0.129. The molecule has 5 heteroatoms. The van der Waals surface area contributed by atoms with Crippen molar-refractivity contribution >= 4 is 5.91 Å². The molecule has 0 unspecified atom stereocenters. The van der Waals surface area contributed by atoms with E-state index in [9.17, 15) is 9.90 Å². The summed E-state index contributed by atoms with van der Waals surface area (Å²) in [7, 11) is 0. The molecule has 4 atom stereocenters. The minimum absolute atomic E-state index is 0.190.